The Morgan fingerprint density at radius 1 is 1.38 bits per heavy atom. The molecule has 0 unspecified atom stereocenters. The van der Waals surface area contributed by atoms with Crippen LogP contribution in [0.25, 0.3) is 0 Å². The third-order valence-electron chi connectivity index (χ3n) is 4.06. The topological polar surface area (TPSA) is 42.0 Å². The minimum absolute atomic E-state index is 0.134. The lowest BCUT2D eigenvalue weighted by Gasteiger charge is -2.07. The zero-order valence-electron chi connectivity index (χ0n) is 12.4. The number of carbonyl (C=O) groups is 1. The summed E-state index contributed by atoms with van der Waals surface area (Å²) in [5.74, 6) is 1.23. The Morgan fingerprint density at radius 2 is 2.14 bits per heavy atom. The summed E-state index contributed by atoms with van der Waals surface area (Å²) in [6, 6.07) is 8.72. The molecule has 0 saturated heterocycles. The van der Waals surface area contributed by atoms with Gasteiger partial charge in [0.15, 0.2) is 0 Å². The molecular formula is C17H20N2OS. The van der Waals surface area contributed by atoms with Crippen molar-refractivity contribution in [3.05, 3.63) is 52.0 Å². The normalized spacial score (nSPS) is 20.5. The molecule has 2 aromatic rings. The number of rotatable bonds is 5. The molecule has 1 heterocycles. The van der Waals surface area contributed by atoms with Gasteiger partial charge in [0.2, 0.25) is 5.91 Å². The van der Waals surface area contributed by atoms with Crippen LogP contribution in [0.5, 0.6) is 0 Å². The van der Waals surface area contributed by atoms with Crippen LogP contribution in [0, 0.1) is 5.92 Å². The fraction of sp³-hybridized carbons (Fsp3) is 0.412. The van der Waals surface area contributed by atoms with Gasteiger partial charge in [0.25, 0.3) is 0 Å². The highest BCUT2D eigenvalue weighted by atomic mass is 32.1. The summed E-state index contributed by atoms with van der Waals surface area (Å²) in [5.41, 5.74) is 2.64. The Hall–Kier alpha value is -1.68. The molecule has 0 spiro atoms. The van der Waals surface area contributed by atoms with E-state index in [4.69, 9.17) is 0 Å². The molecule has 1 aromatic heterocycles. The number of hydrogen-bond donors (Lipinski definition) is 1. The van der Waals surface area contributed by atoms with Crippen molar-refractivity contribution in [3.8, 4) is 0 Å². The summed E-state index contributed by atoms with van der Waals surface area (Å²) in [4.78, 5) is 16.3. The number of aromatic nitrogens is 1. The van der Waals surface area contributed by atoms with Gasteiger partial charge in [0, 0.05) is 17.5 Å². The van der Waals surface area contributed by atoms with Crippen molar-refractivity contribution in [2.24, 2.45) is 5.92 Å². The molecule has 2 atom stereocenters. The summed E-state index contributed by atoms with van der Waals surface area (Å²) < 4.78 is 0. The van der Waals surface area contributed by atoms with Gasteiger partial charge in [-0.15, -0.1) is 11.3 Å². The van der Waals surface area contributed by atoms with Crippen molar-refractivity contribution in [1.29, 1.82) is 0 Å². The summed E-state index contributed by atoms with van der Waals surface area (Å²) >= 11 is 1.57. The molecule has 3 nitrogen and oxygen atoms in total. The van der Waals surface area contributed by atoms with Gasteiger partial charge in [-0.3, -0.25) is 4.79 Å². The monoisotopic (exact) mass is 300 g/mol. The van der Waals surface area contributed by atoms with Gasteiger partial charge in [0.1, 0.15) is 5.01 Å². The summed E-state index contributed by atoms with van der Waals surface area (Å²) in [6.07, 6.45) is 2.73. The number of hydrogen-bond acceptors (Lipinski definition) is 3. The Bertz CT molecular complexity index is 604. The Balaban J connectivity index is 1.54. The predicted molar refractivity (Wildman–Crippen MR) is 85.3 cm³/mol. The maximum Gasteiger partial charge on any atom is 0.224 e. The average Bonchev–Trinajstić information content (AvgIpc) is 3.12. The minimum Gasteiger partial charge on any atom is -0.349 e. The van der Waals surface area contributed by atoms with Gasteiger partial charge in [-0.25, -0.2) is 4.98 Å². The van der Waals surface area contributed by atoms with E-state index in [1.54, 1.807) is 17.5 Å². The fourth-order valence-corrected chi connectivity index (χ4v) is 3.17. The molecule has 0 aliphatic heterocycles. The maximum absolute atomic E-state index is 12.1. The first-order valence-corrected chi connectivity index (χ1v) is 8.29. The van der Waals surface area contributed by atoms with Crippen LogP contribution in [-0.4, -0.2) is 10.9 Å². The van der Waals surface area contributed by atoms with Gasteiger partial charge >= 0.3 is 0 Å². The number of thiazole rings is 1. The van der Waals surface area contributed by atoms with Crippen LogP contribution in [0.1, 0.15) is 48.2 Å². The lowest BCUT2D eigenvalue weighted by atomic mass is 10.00. The third-order valence-corrected chi connectivity index (χ3v) is 4.84. The predicted octanol–water partition coefficient (Wildman–Crippen LogP) is 3.69. The SMILES string of the molecule is CC(C)c1ccc([C@@H]2C[C@@H]2C(=O)NCc2nccs2)cc1. The number of amides is 1. The molecule has 0 radical (unpaired) electrons. The van der Waals surface area contributed by atoms with Crippen LogP contribution in [0.2, 0.25) is 0 Å². The van der Waals surface area contributed by atoms with Gasteiger partial charge in [0.05, 0.1) is 6.54 Å². The number of nitrogens with zero attached hydrogens (tertiary/aromatic N) is 1. The molecule has 3 rings (SSSR count). The highest BCUT2D eigenvalue weighted by Gasteiger charge is 2.43. The van der Waals surface area contributed by atoms with Crippen LogP contribution in [-0.2, 0) is 11.3 Å². The van der Waals surface area contributed by atoms with E-state index in [0.717, 1.165) is 11.4 Å². The Morgan fingerprint density at radius 3 is 2.76 bits per heavy atom. The first-order valence-electron chi connectivity index (χ1n) is 7.41. The Kier molecular flexibility index (Phi) is 4.06. The van der Waals surface area contributed by atoms with Crippen LogP contribution in [0.15, 0.2) is 35.8 Å². The quantitative estimate of drug-likeness (QED) is 0.915. The van der Waals surface area contributed by atoms with Gasteiger partial charge in [-0.05, 0) is 29.4 Å². The third kappa shape index (κ3) is 3.32. The second kappa shape index (κ2) is 5.98. The van der Waals surface area contributed by atoms with Crippen LogP contribution in [0.3, 0.4) is 0 Å². The molecule has 1 aliphatic rings. The maximum atomic E-state index is 12.1. The van der Waals surface area contributed by atoms with E-state index in [-0.39, 0.29) is 11.8 Å². The van der Waals surface area contributed by atoms with Gasteiger partial charge < -0.3 is 5.32 Å². The molecule has 21 heavy (non-hydrogen) atoms. The van der Waals surface area contributed by atoms with Gasteiger partial charge in [-0.2, -0.15) is 0 Å². The molecule has 1 saturated carbocycles. The molecule has 1 aliphatic carbocycles. The number of benzene rings is 1. The van der Waals surface area contributed by atoms with E-state index in [1.807, 2.05) is 5.38 Å². The number of nitrogens with one attached hydrogen (secondary N) is 1. The fourth-order valence-electron chi connectivity index (χ4n) is 2.62. The molecule has 1 N–H and O–H groups in total. The molecule has 0 bridgehead atoms. The second-order valence-electron chi connectivity index (χ2n) is 5.91. The lowest BCUT2D eigenvalue weighted by molar-refractivity contribution is -0.122. The van der Waals surface area contributed by atoms with Crippen molar-refractivity contribution in [2.75, 3.05) is 0 Å². The van der Waals surface area contributed by atoms with E-state index in [2.05, 4.69) is 48.4 Å². The van der Waals surface area contributed by atoms with Crippen LogP contribution >= 0.6 is 11.3 Å². The largest absolute Gasteiger partial charge is 0.349 e. The van der Waals surface area contributed by atoms with Crippen molar-refractivity contribution in [3.63, 3.8) is 0 Å². The van der Waals surface area contributed by atoms with Crippen molar-refractivity contribution >= 4 is 17.2 Å². The van der Waals surface area contributed by atoms with Crippen LogP contribution < -0.4 is 5.32 Å². The zero-order chi connectivity index (χ0) is 14.8. The van der Waals surface area contributed by atoms with E-state index >= 15 is 0 Å². The highest BCUT2D eigenvalue weighted by molar-refractivity contribution is 7.09. The summed E-state index contributed by atoms with van der Waals surface area (Å²) in [6.45, 7) is 4.94. The van der Waals surface area contributed by atoms with Crippen molar-refractivity contribution in [2.45, 2.75) is 38.6 Å². The summed E-state index contributed by atoms with van der Waals surface area (Å²) in [5, 5.41) is 5.87. The van der Waals surface area contributed by atoms with E-state index < -0.39 is 0 Å². The van der Waals surface area contributed by atoms with E-state index in [0.29, 0.717) is 18.4 Å². The van der Waals surface area contributed by atoms with Crippen molar-refractivity contribution < 1.29 is 4.79 Å². The highest BCUT2D eigenvalue weighted by Crippen LogP contribution is 2.47. The first-order chi connectivity index (χ1) is 10.1. The standard InChI is InChI=1S/C17H20N2OS/c1-11(2)12-3-5-13(6-4-12)14-9-15(14)17(20)19-10-16-18-7-8-21-16/h3-8,11,14-15H,9-10H2,1-2H3,(H,19,20)/t14-,15-/m0/s1. The van der Waals surface area contributed by atoms with E-state index in [1.165, 1.54) is 11.1 Å². The molecule has 1 aromatic carbocycles. The lowest BCUT2D eigenvalue weighted by Crippen LogP contribution is -2.24. The smallest absolute Gasteiger partial charge is 0.224 e. The minimum atomic E-state index is 0.134. The summed E-state index contributed by atoms with van der Waals surface area (Å²) in [7, 11) is 0. The zero-order valence-corrected chi connectivity index (χ0v) is 13.2. The molecule has 4 heteroatoms. The molecule has 110 valence electrons. The van der Waals surface area contributed by atoms with Gasteiger partial charge in [-0.1, -0.05) is 38.1 Å². The van der Waals surface area contributed by atoms with E-state index in [9.17, 15) is 4.79 Å². The number of carbonyl (C=O) groups excluding carboxylic acids is 1. The first kappa shape index (κ1) is 14.3. The Labute approximate surface area is 129 Å². The second-order valence-corrected chi connectivity index (χ2v) is 6.89. The van der Waals surface area contributed by atoms with Crippen LogP contribution in [0.4, 0.5) is 0 Å². The molecule has 1 fully saturated rings. The van der Waals surface area contributed by atoms with Crippen molar-refractivity contribution in [1.82, 2.24) is 10.3 Å². The molecular weight excluding hydrogens is 280 g/mol. The molecule has 1 amide bonds. The average molecular weight is 300 g/mol.